The fourth-order valence-electron chi connectivity index (χ4n) is 2.35. The van der Waals surface area contributed by atoms with Gasteiger partial charge >= 0.3 is 133 Å². The number of carbonyl (C=O) groups excluding carboxylic acids is 4. The molecule has 0 aliphatic carbocycles. The zero-order valence-corrected chi connectivity index (χ0v) is 15.2. The van der Waals surface area contributed by atoms with Gasteiger partial charge in [0.2, 0.25) is 0 Å². The molecule has 5 aliphatic heterocycles. The second-order valence-electron chi connectivity index (χ2n) is 4.64. The van der Waals surface area contributed by atoms with Crippen LogP contribution < -0.4 is 0 Å². The molecule has 0 aromatic carbocycles. The van der Waals surface area contributed by atoms with Crippen LogP contribution in [0.2, 0.25) is 0 Å². The van der Waals surface area contributed by atoms with Gasteiger partial charge in [0.1, 0.15) is 0 Å². The molecule has 120 valence electrons. The van der Waals surface area contributed by atoms with Crippen molar-refractivity contribution in [3.63, 3.8) is 0 Å². The summed E-state index contributed by atoms with van der Waals surface area (Å²) in [7, 11) is 0. The van der Waals surface area contributed by atoms with Gasteiger partial charge in [-0.3, -0.25) is 0 Å². The predicted octanol–water partition coefficient (Wildman–Crippen LogP) is -3.36. The van der Waals surface area contributed by atoms with E-state index in [1.165, 1.54) is 0 Å². The molecule has 4 atom stereocenters. The van der Waals surface area contributed by atoms with E-state index in [4.69, 9.17) is 24.1 Å². The number of hydrogen-bond donors (Lipinski definition) is 0. The van der Waals surface area contributed by atoms with Gasteiger partial charge in [-0.15, -0.1) is 0 Å². The summed E-state index contributed by atoms with van der Waals surface area (Å²) >= 11 is -9.74. The Balaban J connectivity index is 1.66. The van der Waals surface area contributed by atoms with Crippen molar-refractivity contribution in [1.82, 2.24) is 0 Å². The van der Waals surface area contributed by atoms with Crippen molar-refractivity contribution in [2.45, 2.75) is 24.4 Å². The molecule has 5 aliphatic rings. The Labute approximate surface area is 132 Å². The molecule has 5 fully saturated rings. The van der Waals surface area contributed by atoms with Crippen LogP contribution in [0, 0.1) is 0 Å². The van der Waals surface area contributed by atoms with Gasteiger partial charge in [0.25, 0.3) is 0 Å². The van der Waals surface area contributed by atoms with Crippen LogP contribution in [0.5, 0.6) is 0 Å². The van der Waals surface area contributed by atoms with E-state index in [-0.39, 0.29) is 0 Å². The van der Waals surface area contributed by atoms with Crippen LogP contribution in [0.3, 0.4) is 0 Å². The summed E-state index contributed by atoms with van der Waals surface area (Å²) in [6, 6.07) is 0. The summed E-state index contributed by atoms with van der Waals surface area (Å²) in [6.45, 7) is 0. The molecule has 0 aromatic heterocycles. The standard InChI is InChI=1S/2C4H4O6.2Sb/c2*5-1(3(7)8)2(6)4(9)10;;/h2*1-2H,(H,7,8)(H,9,10);;/q2*-2;2*+3/p-4. The number of fused-ring (bicyclic) bond motifs is 6. The van der Waals surface area contributed by atoms with Crippen LogP contribution in [0.1, 0.15) is 0 Å². The Morgan fingerprint density at radius 1 is 0.500 bits per heavy atom. The maximum absolute atomic E-state index is 11.9. The van der Waals surface area contributed by atoms with Gasteiger partial charge in [-0.2, -0.15) is 0 Å². The second-order valence-corrected chi connectivity index (χ2v) is 14.2. The number of rotatable bonds is 0. The summed E-state index contributed by atoms with van der Waals surface area (Å²) in [6.07, 6.45) is -6.06. The molecule has 0 amide bonds. The first-order valence-electron chi connectivity index (χ1n) is 5.86. The van der Waals surface area contributed by atoms with Crippen molar-refractivity contribution in [3.8, 4) is 0 Å². The van der Waals surface area contributed by atoms with E-state index in [0.717, 1.165) is 0 Å². The van der Waals surface area contributed by atoms with Gasteiger partial charge in [-0.25, -0.2) is 0 Å². The molecule has 22 heavy (non-hydrogen) atoms. The van der Waals surface area contributed by atoms with Crippen LogP contribution in [-0.2, 0) is 43.3 Å². The quantitative estimate of drug-likeness (QED) is 0.286. The first kappa shape index (κ1) is 13.8. The van der Waals surface area contributed by atoms with Crippen LogP contribution in [-0.4, -0.2) is 89.3 Å². The summed E-state index contributed by atoms with van der Waals surface area (Å²) < 4.78 is 41.0. The molecule has 5 heterocycles. The van der Waals surface area contributed by atoms with Crippen molar-refractivity contribution in [2.75, 3.05) is 0 Å². The topological polar surface area (TPSA) is 142 Å². The van der Waals surface area contributed by atoms with E-state index in [1.54, 1.807) is 0 Å². The summed E-state index contributed by atoms with van der Waals surface area (Å²) in [5.74, 6) is -3.86. The SMILES string of the molecule is O=C1[O][Sb-]23[O]C(=O)C([O]2)C2[O][Sb-]4([O]C(=O)C([O]4)C1[O]3)[O]C2=O. The van der Waals surface area contributed by atoms with E-state index >= 15 is 0 Å². The average Bonchev–Trinajstić information content (AvgIpc) is 3.09. The Bertz CT molecular complexity index is 548. The first-order valence-corrected chi connectivity index (χ1v) is 14.2. The monoisotopic (exact) mass is 534 g/mol. The van der Waals surface area contributed by atoms with Crippen molar-refractivity contribution < 1.29 is 43.3 Å². The molecule has 0 aromatic rings. The zero-order valence-electron chi connectivity index (χ0n) is 10.1. The molecule has 14 heteroatoms. The van der Waals surface area contributed by atoms with Crippen LogP contribution in [0.4, 0.5) is 0 Å². The molecule has 4 unspecified atom stereocenters. The Morgan fingerprint density at radius 3 is 0.955 bits per heavy atom. The fourth-order valence-corrected chi connectivity index (χ4v) is 13.0. The summed E-state index contributed by atoms with van der Waals surface area (Å²) in [5, 5.41) is 0. The van der Waals surface area contributed by atoms with Crippen molar-refractivity contribution >= 4 is 64.8 Å². The molecule has 2 spiro atoms. The normalized spacial score (nSPS) is 57.1. The van der Waals surface area contributed by atoms with Gasteiger partial charge in [0.15, 0.2) is 0 Å². The third-order valence-electron chi connectivity index (χ3n) is 3.26. The molecular weight excluding hydrogens is 532 g/mol. The number of hydrogen-bond acceptors (Lipinski definition) is 12. The third kappa shape index (κ3) is 1.62. The zero-order chi connectivity index (χ0) is 15.3. The van der Waals surface area contributed by atoms with Gasteiger partial charge in [-0.1, -0.05) is 0 Å². The molecule has 0 N–H and O–H groups in total. The molecular formula is C8H4O12Sb2-2. The maximum atomic E-state index is 11.9. The predicted molar refractivity (Wildman–Crippen MR) is 55.4 cm³/mol. The van der Waals surface area contributed by atoms with Gasteiger partial charge in [0.05, 0.1) is 0 Å². The minimum atomic E-state index is -4.87. The van der Waals surface area contributed by atoms with Crippen LogP contribution in [0.25, 0.3) is 0 Å². The molecule has 5 saturated heterocycles. The Kier molecular flexibility index (Phi) is 2.54. The molecule has 0 saturated carbocycles. The van der Waals surface area contributed by atoms with Crippen molar-refractivity contribution in [1.29, 1.82) is 0 Å². The van der Waals surface area contributed by atoms with Gasteiger partial charge < -0.3 is 0 Å². The van der Waals surface area contributed by atoms with Gasteiger partial charge in [0, 0.05) is 0 Å². The first-order chi connectivity index (χ1) is 10.4. The minimum absolute atomic E-state index is 0.966. The molecule has 12 nitrogen and oxygen atoms in total. The average molecular weight is 536 g/mol. The Morgan fingerprint density at radius 2 is 0.727 bits per heavy atom. The van der Waals surface area contributed by atoms with Crippen molar-refractivity contribution in [3.05, 3.63) is 0 Å². The van der Waals surface area contributed by atoms with E-state index in [0.29, 0.717) is 0 Å². The fraction of sp³-hybridized carbons (Fsp3) is 0.500. The van der Waals surface area contributed by atoms with E-state index < -0.39 is 89.3 Å². The van der Waals surface area contributed by atoms with E-state index in [1.807, 2.05) is 0 Å². The third-order valence-corrected chi connectivity index (χ3v) is 13.4. The molecule has 0 radical (unpaired) electrons. The van der Waals surface area contributed by atoms with Crippen LogP contribution in [0.15, 0.2) is 0 Å². The summed E-state index contributed by atoms with van der Waals surface area (Å²) in [4.78, 5) is 47.6. The van der Waals surface area contributed by atoms with Crippen LogP contribution >= 0.6 is 0 Å². The summed E-state index contributed by atoms with van der Waals surface area (Å²) in [5.41, 5.74) is 0. The van der Waals surface area contributed by atoms with E-state index in [2.05, 4.69) is 0 Å². The second kappa shape index (κ2) is 4.06. The van der Waals surface area contributed by atoms with Gasteiger partial charge in [-0.05, 0) is 0 Å². The number of carbonyl (C=O) groups is 4. The van der Waals surface area contributed by atoms with E-state index in [9.17, 15) is 19.2 Å². The van der Waals surface area contributed by atoms with Crippen molar-refractivity contribution in [2.24, 2.45) is 0 Å². The molecule has 5 rings (SSSR count). The molecule has 6 bridgehead atoms. The Hall–Kier alpha value is -0.644.